The number of aryl methyl sites for hydroxylation is 2. The van der Waals surface area contributed by atoms with Gasteiger partial charge < -0.3 is 0 Å². The second-order valence-corrected chi connectivity index (χ2v) is 5.32. The number of hydrazine groups is 1. The summed E-state index contributed by atoms with van der Waals surface area (Å²) in [6, 6.07) is 5.79. The van der Waals surface area contributed by atoms with Crippen LogP contribution in [0.25, 0.3) is 0 Å². The maximum Gasteiger partial charge on any atom is 0.0970 e. The Hall–Kier alpha value is -0.880. The first-order valence-corrected chi connectivity index (χ1v) is 6.03. The molecule has 0 amide bonds. The molecular formula is C10H13ClN4S. The van der Waals surface area contributed by atoms with E-state index in [1.54, 1.807) is 0 Å². The van der Waals surface area contributed by atoms with Crippen molar-refractivity contribution in [2.75, 3.05) is 0 Å². The Kier molecular flexibility index (Phi) is 3.30. The van der Waals surface area contributed by atoms with Gasteiger partial charge in [-0.3, -0.25) is 10.5 Å². The molecule has 0 saturated heterocycles. The number of thiophene rings is 1. The van der Waals surface area contributed by atoms with Crippen LogP contribution in [0.4, 0.5) is 0 Å². The molecule has 1 atom stereocenters. The van der Waals surface area contributed by atoms with Crippen molar-refractivity contribution in [2.24, 2.45) is 12.9 Å². The number of nitrogens with one attached hydrogen (secondary N) is 1. The molecule has 0 aliphatic carbocycles. The minimum Gasteiger partial charge on any atom is -0.270 e. The van der Waals surface area contributed by atoms with E-state index in [-0.39, 0.29) is 6.04 Å². The first-order chi connectivity index (χ1) is 7.61. The minimum absolute atomic E-state index is 0.0660. The molecule has 0 radical (unpaired) electrons. The highest BCUT2D eigenvalue weighted by Crippen LogP contribution is 2.30. The zero-order chi connectivity index (χ0) is 11.7. The van der Waals surface area contributed by atoms with Crippen molar-refractivity contribution in [1.29, 1.82) is 0 Å². The van der Waals surface area contributed by atoms with E-state index in [9.17, 15) is 0 Å². The highest BCUT2D eigenvalue weighted by Gasteiger charge is 2.18. The third kappa shape index (κ3) is 2.12. The standard InChI is InChI=1S/C10H13ClN4S/c1-6-5-7(15(2)14-6)10(13-12)8-3-4-9(11)16-8/h3-5,10,13H,12H2,1-2H3. The van der Waals surface area contributed by atoms with Gasteiger partial charge in [0.1, 0.15) is 0 Å². The molecule has 2 aromatic rings. The van der Waals surface area contributed by atoms with E-state index in [1.807, 2.05) is 36.9 Å². The molecule has 4 nitrogen and oxygen atoms in total. The lowest BCUT2D eigenvalue weighted by Gasteiger charge is -2.14. The molecule has 16 heavy (non-hydrogen) atoms. The van der Waals surface area contributed by atoms with E-state index < -0.39 is 0 Å². The van der Waals surface area contributed by atoms with Crippen LogP contribution >= 0.6 is 22.9 Å². The predicted octanol–water partition coefficient (Wildman–Crippen LogP) is 2.00. The van der Waals surface area contributed by atoms with Crippen LogP contribution in [-0.4, -0.2) is 9.78 Å². The zero-order valence-electron chi connectivity index (χ0n) is 9.07. The molecule has 0 spiro atoms. The molecule has 6 heteroatoms. The number of hydrogen-bond donors (Lipinski definition) is 2. The molecule has 0 bridgehead atoms. The van der Waals surface area contributed by atoms with Gasteiger partial charge in [-0.1, -0.05) is 11.6 Å². The molecule has 0 fully saturated rings. The third-order valence-electron chi connectivity index (χ3n) is 2.38. The molecule has 0 aliphatic rings. The van der Waals surface area contributed by atoms with Crippen LogP contribution in [0.5, 0.6) is 0 Å². The maximum absolute atomic E-state index is 5.92. The summed E-state index contributed by atoms with van der Waals surface area (Å²) >= 11 is 7.44. The number of hydrogen-bond acceptors (Lipinski definition) is 4. The summed E-state index contributed by atoms with van der Waals surface area (Å²) in [5.74, 6) is 5.60. The lowest BCUT2D eigenvalue weighted by molar-refractivity contribution is 0.581. The van der Waals surface area contributed by atoms with Crippen LogP contribution in [0.1, 0.15) is 22.3 Å². The van der Waals surface area contributed by atoms with Gasteiger partial charge in [0.15, 0.2) is 0 Å². The van der Waals surface area contributed by atoms with E-state index in [4.69, 9.17) is 17.4 Å². The Labute approximate surface area is 103 Å². The second-order valence-electron chi connectivity index (χ2n) is 3.58. The number of nitrogens with zero attached hydrogens (tertiary/aromatic N) is 2. The minimum atomic E-state index is -0.0660. The number of aromatic nitrogens is 2. The summed E-state index contributed by atoms with van der Waals surface area (Å²) in [5, 5.41) is 4.30. The van der Waals surface area contributed by atoms with Crippen molar-refractivity contribution in [3.05, 3.63) is 38.8 Å². The Morgan fingerprint density at radius 3 is 2.75 bits per heavy atom. The Morgan fingerprint density at radius 1 is 1.56 bits per heavy atom. The molecule has 0 aliphatic heterocycles. The van der Waals surface area contributed by atoms with Gasteiger partial charge in [-0.15, -0.1) is 11.3 Å². The maximum atomic E-state index is 5.92. The molecule has 2 rings (SSSR count). The molecule has 2 aromatic heterocycles. The number of nitrogens with two attached hydrogens (primary N) is 1. The molecule has 0 saturated carbocycles. The van der Waals surface area contributed by atoms with Gasteiger partial charge in [-0.25, -0.2) is 5.43 Å². The van der Waals surface area contributed by atoms with E-state index in [0.717, 1.165) is 20.6 Å². The Balaban J connectivity index is 2.40. The van der Waals surface area contributed by atoms with E-state index >= 15 is 0 Å². The van der Waals surface area contributed by atoms with E-state index in [0.29, 0.717) is 0 Å². The van der Waals surface area contributed by atoms with Crippen molar-refractivity contribution in [3.8, 4) is 0 Å². The summed E-state index contributed by atoms with van der Waals surface area (Å²) in [6.45, 7) is 1.96. The van der Waals surface area contributed by atoms with Gasteiger partial charge in [0, 0.05) is 11.9 Å². The largest absolute Gasteiger partial charge is 0.270 e. The monoisotopic (exact) mass is 256 g/mol. The predicted molar refractivity (Wildman–Crippen MR) is 66.4 cm³/mol. The van der Waals surface area contributed by atoms with Crippen LogP contribution in [-0.2, 0) is 7.05 Å². The fourth-order valence-corrected chi connectivity index (χ4v) is 2.83. The molecule has 1 unspecified atom stereocenters. The second kappa shape index (κ2) is 4.55. The molecule has 86 valence electrons. The van der Waals surface area contributed by atoms with Crippen molar-refractivity contribution in [3.63, 3.8) is 0 Å². The van der Waals surface area contributed by atoms with Gasteiger partial charge in [0.2, 0.25) is 0 Å². The van der Waals surface area contributed by atoms with Gasteiger partial charge in [0.05, 0.1) is 21.8 Å². The summed E-state index contributed by atoms with van der Waals surface area (Å²) in [7, 11) is 1.90. The summed E-state index contributed by atoms with van der Waals surface area (Å²) in [6.07, 6.45) is 0. The summed E-state index contributed by atoms with van der Waals surface area (Å²) < 4.78 is 2.59. The first kappa shape index (κ1) is 11.6. The van der Waals surface area contributed by atoms with Gasteiger partial charge >= 0.3 is 0 Å². The lowest BCUT2D eigenvalue weighted by atomic mass is 10.1. The normalized spacial score (nSPS) is 13.0. The van der Waals surface area contributed by atoms with Crippen LogP contribution in [0.15, 0.2) is 18.2 Å². The zero-order valence-corrected chi connectivity index (χ0v) is 10.6. The Morgan fingerprint density at radius 2 is 2.31 bits per heavy atom. The highest BCUT2D eigenvalue weighted by molar-refractivity contribution is 7.16. The van der Waals surface area contributed by atoms with Gasteiger partial charge in [-0.2, -0.15) is 5.10 Å². The van der Waals surface area contributed by atoms with Crippen LogP contribution in [0.3, 0.4) is 0 Å². The van der Waals surface area contributed by atoms with E-state index in [1.165, 1.54) is 11.3 Å². The smallest absolute Gasteiger partial charge is 0.0970 e. The van der Waals surface area contributed by atoms with Crippen molar-refractivity contribution in [2.45, 2.75) is 13.0 Å². The van der Waals surface area contributed by atoms with Crippen LogP contribution < -0.4 is 11.3 Å². The summed E-state index contributed by atoms with van der Waals surface area (Å²) in [4.78, 5) is 1.08. The molecule has 2 heterocycles. The number of rotatable bonds is 3. The first-order valence-electron chi connectivity index (χ1n) is 4.83. The third-order valence-corrected chi connectivity index (χ3v) is 3.68. The Bertz CT molecular complexity index is 491. The van der Waals surface area contributed by atoms with Crippen molar-refractivity contribution < 1.29 is 0 Å². The van der Waals surface area contributed by atoms with Crippen molar-refractivity contribution in [1.82, 2.24) is 15.2 Å². The average Bonchev–Trinajstić information content (AvgIpc) is 2.76. The topological polar surface area (TPSA) is 55.9 Å². The van der Waals surface area contributed by atoms with Crippen molar-refractivity contribution >= 4 is 22.9 Å². The highest BCUT2D eigenvalue weighted by atomic mass is 35.5. The lowest BCUT2D eigenvalue weighted by Crippen LogP contribution is -2.29. The SMILES string of the molecule is Cc1cc(C(NN)c2ccc(Cl)s2)n(C)n1. The fourth-order valence-electron chi connectivity index (χ4n) is 1.70. The van der Waals surface area contributed by atoms with Crippen LogP contribution in [0.2, 0.25) is 4.34 Å². The number of halogens is 1. The van der Waals surface area contributed by atoms with E-state index in [2.05, 4.69) is 10.5 Å². The average molecular weight is 257 g/mol. The fraction of sp³-hybridized carbons (Fsp3) is 0.300. The molecular weight excluding hydrogens is 244 g/mol. The van der Waals surface area contributed by atoms with Crippen LogP contribution in [0, 0.1) is 6.92 Å². The van der Waals surface area contributed by atoms with Gasteiger partial charge in [-0.05, 0) is 25.1 Å². The summed E-state index contributed by atoms with van der Waals surface area (Å²) in [5.41, 5.74) is 4.79. The molecule has 3 N–H and O–H groups in total. The quantitative estimate of drug-likeness (QED) is 0.652. The molecule has 0 aromatic carbocycles. The van der Waals surface area contributed by atoms with Gasteiger partial charge in [0.25, 0.3) is 0 Å².